The van der Waals surface area contributed by atoms with Crippen LogP contribution in [0, 0.1) is 6.92 Å². The minimum Gasteiger partial charge on any atom is -0.385 e. The van der Waals surface area contributed by atoms with Crippen LogP contribution >= 0.6 is 0 Å². The van der Waals surface area contributed by atoms with Crippen LogP contribution in [0.3, 0.4) is 0 Å². The van der Waals surface area contributed by atoms with E-state index in [2.05, 4.69) is 15.7 Å². The fraction of sp³-hybridized carbons (Fsp3) is 0.636. The van der Waals surface area contributed by atoms with E-state index < -0.39 is 0 Å². The Morgan fingerprint density at radius 2 is 2.29 bits per heavy atom. The van der Waals surface area contributed by atoms with Gasteiger partial charge in [-0.05, 0) is 19.8 Å². The molecule has 0 saturated carbocycles. The molecule has 2 N–H and O–H groups in total. The fourth-order valence-corrected chi connectivity index (χ4v) is 1.46. The number of nitrogens with zero attached hydrogens (tertiary/aromatic N) is 2. The van der Waals surface area contributed by atoms with E-state index >= 15 is 0 Å². The van der Waals surface area contributed by atoms with Crippen molar-refractivity contribution in [1.29, 1.82) is 0 Å². The summed E-state index contributed by atoms with van der Waals surface area (Å²) in [7, 11) is 3.46. The van der Waals surface area contributed by atoms with Crippen molar-refractivity contribution in [3.8, 4) is 0 Å². The van der Waals surface area contributed by atoms with Crippen LogP contribution in [0.25, 0.3) is 0 Å². The Labute approximate surface area is 101 Å². The highest BCUT2D eigenvalue weighted by Crippen LogP contribution is 2.07. The molecule has 1 aromatic heterocycles. The summed E-state index contributed by atoms with van der Waals surface area (Å²) in [6, 6.07) is 1.62. The second-order valence-electron chi connectivity index (χ2n) is 3.88. The van der Waals surface area contributed by atoms with Crippen LogP contribution < -0.4 is 10.6 Å². The average molecular weight is 240 g/mol. The lowest BCUT2D eigenvalue weighted by Gasteiger charge is -2.07. The number of carbonyl (C=O) groups excluding carboxylic acids is 1. The van der Waals surface area contributed by atoms with Crippen LogP contribution in [-0.4, -0.2) is 36.1 Å². The maximum atomic E-state index is 11.5. The summed E-state index contributed by atoms with van der Waals surface area (Å²) in [4.78, 5) is 11.5. The Bertz CT molecular complexity index is 362. The van der Waals surface area contributed by atoms with Gasteiger partial charge in [0.1, 0.15) is 5.82 Å². The zero-order valence-electron chi connectivity index (χ0n) is 10.6. The standard InChI is InChI=1S/C11H20N4O2/c1-9-8-10(15(2)14-9)13-11(16)12-6-4-5-7-17-3/h8H,4-7H2,1-3H3,(H2,12,13,16). The molecule has 0 aliphatic heterocycles. The summed E-state index contributed by atoms with van der Waals surface area (Å²) >= 11 is 0. The topological polar surface area (TPSA) is 68.2 Å². The van der Waals surface area contributed by atoms with E-state index in [9.17, 15) is 4.79 Å². The van der Waals surface area contributed by atoms with Gasteiger partial charge in [-0.1, -0.05) is 0 Å². The molecule has 1 rings (SSSR count). The summed E-state index contributed by atoms with van der Waals surface area (Å²) in [6.07, 6.45) is 1.85. The minimum absolute atomic E-state index is 0.203. The van der Waals surface area contributed by atoms with Gasteiger partial charge in [-0.25, -0.2) is 4.79 Å². The van der Waals surface area contributed by atoms with Gasteiger partial charge < -0.3 is 10.1 Å². The Kier molecular flexibility index (Phi) is 5.48. The number of rotatable bonds is 6. The number of aryl methyl sites for hydroxylation is 2. The van der Waals surface area contributed by atoms with Crippen LogP contribution in [0.2, 0.25) is 0 Å². The molecular weight excluding hydrogens is 220 g/mol. The number of amides is 2. The number of hydrogen-bond donors (Lipinski definition) is 2. The molecule has 6 heteroatoms. The van der Waals surface area contributed by atoms with Gasteiger partial charge in [0, 0.05) is 33.4 Å². The monoisotopic (exact) mass is 240 g/mol. The first-order valence-electron chi connectivity index (χ1n) is 5.68. The quantitative estimate of drug-likeness (QED) is 0.736. The van der Waals surface area contributed by atoms with Crippen LogP contribution in [-0.2, 0) is 11.8 Å². The molecule has 0 atom stereocenters. The van der Waals surface area contributed by atoms with Gasteiger partial charge in [0.05, 0.1) is 5.69 Å². The third-order valence-electron chi connectivity index (χ3n) is 2.30. The van der Waals surface area contributed by atoms with Gasteiger partial charge in [0.2, 0.25) is 0 Å². The molecule has 1 aromatic rings. The molecule has 0 aliphatic rings. The number of hydrogen-bond acceptors (Lipinski definition) is 3. The van der Waals surface area contributed by atoms with Crippen molar-refractivity contribution in [1.82, 2.24) is 15.1 Å². The molecule has 0 spiro atoms. The Balaban J connectivity index is 2.23. The van der Waals surface area contributed by atoms with Crippen molar-refractivity contribution >= 4 is 11.8 Å². The average Bonchev–Trinajstić information content (AvgIpc) is 2.57. The van der Waals surface area contributed by atoms with Gasteiger partial charge in [-0.2, -0.15) is 5.10 Å². The van der Waals surface area contributed by atoms with E-state index in [4.69, 9.17) is 4.74 Å². The first-order chi connectivity index (χ1) is 8.13. The normalized spacial score (nSPS) is 10.3. The van der Waals surface area contributed by atoms with Crippen molar-refractivity contribution in [3.63, 3.8) is 0 Å². The number of urea groups is 1. The summed E-state index contributed by atoms with van der Waals surface area (Å²) in [5, 5.41) is 9.66. The molecule has 96 valence electrons. The third kappa shape index (κ3) is 4.86. The van der Waals surface area contributed by atoms with Gasteiger partial charge in [-0.3, -0.25) is 10.00 Å². The van der Waals surface area contributed by atoms with Crippen LogP contribution in [0.1, 0.15) is 18.5 Å². The maximum absolute atomic E-state index is 11.5. The van der Waals surface area contributed by atoms with E-state index in [1.807, 2.05) is 13.0 Å². The molecule has 6 nitrogen and oxygen atoms in total. The molecule has 17 heavy (non-hydrogen) atoms. The summed E-state index contributed by atoms with van der Waals surface area (Å²) < 4.78 is 6.56. The van der Waals surface area contributed by atoms with Gasteiger partial charge in [0.25, 0.3) is 0 Å². The van der Waals surface area contributed by atoms with Gasteiger partial charge in [0.15, 0.2) is 0 Å². The predicted octanol–water partition coefficient (Wildman–Crippen LogP) is 1.28. The zero-order chi connectivity index (χ0) is 12.7. The van der Waals surface area contributed by atoms with Crippen LogP contribution in [0.15, 0.2) is 6.07 Å². The molecular formula is C11H20N4O2. The summed E-state index contributed by atoms with van der Waals surface area (Å²) in [5.74, 6) is 0.692. The smallest absolute Gasteiger partial charge is 0.320 e. The highest BCUT2D eigenvalue weighted by atomic mass is 16.5. The van der Waals surface area contributed by atoms with E-state index in [1.54, 1.807) is 18.8 Å². The second-order valence-corrected chi connectivity index (χ2v) is 3.88. The lowest BCUT2D eigenvalue weighted by atomic mass is 10.3. The Morgan fingerprint density at radius 3 is 2.88 bits per heavy atom. The zero-order valence-corrected chi connectivity index (χ0v) is 10.6. The van der Waals surface area contributed by atoms with E-state index in [0.29, 0.717) is 12.4 Å². The van der Waals surface area contributed by atoms with Crippen molar-refractivity contribution in [2.45, 2.75) is 19.8 Å². The number of anilines is 1. The van der Waals surface area contributed by atoms with Crippen molar-refractivity contribution in [2.24, 2.45) is 7.05 Å². The number of unbranched alkanes of at least 4 members (excludes halogenated alkanes) is 1. The van der Waals surface area contributed by atoms with E-state index in [-0.39, 0.29) is 6.03 Å². The summed E-state index contributed by atoms with van der Waals surface area (Å²) in [6.45, 7) is 3.25. The lowest BCUT2D eigenvalue weighted by Crippen LogP contribution is -2.30. The van der Waals surface area contributed by atoms with Crippen LogP contribution in [0.5, 0.6) is 0 Å². The minimum atomic E-state index is -0.203. The Morgan fingerprint density at radius 1 is 1.53 bits per heavy atom. The van der Waals surface area contributed by atoms with E-state index in [0.717, 1.165) is 25.1 Å². The van der Waals surface area contributed by atoms with Crippen molar-refractivity contribution in [2.75, 3.05) is 25.6 Å². The van der Waals surface area contributed by atoms with Crippen molar-refractivity contribution < 1.29 is 9.53 Å². The predicted molar refractivity (Wildman–Crippen MR) is 66.1 cm³/mol. The van der Waals surface area contributed by atoms with Gasteiger partial charge in [-0.15, -0.1) is 0 Å². The highest BCUT2D eigenvalue weighted by Gasteiger charge is 2.05. The fourth-order valence-electron chi connectivity index (χ4n) is 1.46. The number of nitrogens with one attached hydrogen (secondary N) is 2. The van der Waals surface area contributed by atoms with Crippen molar-refractivity contribution in [3.05, 3.63) is 11.8 Å². The molecule has 0 saturated heterocycles. The van der Waals surface area contributed by atoms with Crippen LogP contribution in [0.4, 0.5) is 10.6 Å². The first kappa shape index (κ1) is 13.5. The molecule has 0 unspecified atom stereocenters. The molecule has 0 radical (unpaired) electrons. The molecule has 0 aromatic carbocycles. The lowest BCUT2D eigenvalue weighted by molar-refractivity contribution is 0.192. The van der Waals surface area contributed by atoms with E-state index in [1.165, 1.54) is 0 Å². The molecule has 0 fully saturated rings. The largest absolute Gasteiger partial charge is 0.385 e. The number of aromatic nitrogens is 2. The third-order valence-corrected chi connectivity index (χ3v) is 2.30. The second kappa shape index (κ2) is 6.90. The summed E-state index contributed by atoms with van der Waals surface area (Å²) in [5.41, 5.74) is 0.878. The number of ether oxygens (including phenoxy) is 1. The SMILES string of the molecule is COCCCCNC(=O)Nc1cc(C)nn1C. The first-order valence-corrected chi connectivity index (χ1v) is 5.68. The highest BCUT2D eigenvalue weighted by molar-refractivity contribution is 5.88. The molecule has 2 amide bonds. The molecule has 0 bridgehead atoms. The molecule has 1 heterocycles. The maximum Gasteiger partial charge on any atom is 0.320 e. The van der Waals surface area contributed by atoms with Gasteiger partial charge >= 0.3 is 6.03 Å². The number of carbonyl (C=O) groups is 1. The molecule has 0 aliphatic carbocycles. The number of methoxy groups -OCH3 is 1. The Hall–Kier alpha value is -1.56.